The average Bonchev–Trinajstić information content (AvgIpc) is 2.75. The Labute approximate surface area is 91.4 Å². The SMILES string of the molecule is CNCC1CCN(C)C1c1occc1C. The molecule has 2 rings (SSSR count). The van der Waals surface area contributed by atoms with Crippen LogP contribution in [0, 0.1) is 12.8 Å². The van der Waals surface area contributed by atoms with Crippen molar-refractivity contribution in [3.63, 3.8) is 0 Å². The predicted molar refractivity (Wildman–Crippen MR) is 60.8 cm³/mol. The van der Waals surface area contributed by atoms with Gasteiger partial charge in [-0.05, 0) is 58.1 Å². The normalized spacial score (nSPS) is 27.4. The van der Waals surface area contributed by atoms with Gasteiger partial charge in [0.2, 0.25) is 0 Å². The smallest absolute Gasteiger partial charge is 0.124 e. The molecule has 15 heavy (non-hydrogen) atoms. The van der Waals surface area contributed by atoms with Gasteiger partial charge in [-0.25, -0.2) is 0 Å². The van der Waals surface area contributed by atoms with Crippen molar-refractivity contribution in [1.29, 1.82) is 0 Å². The topological polar surface area (TPSA) is 28.4 Å². The highest BCUT2D eigenvalue weighted by Crippen LogP contribution is 2.37. The standard InChI is InChI=1S/C12H20N2O/c1-9-5-7-15-12(9)11-10(8-13-2)4-6-14(11)3/h5,7,10-11,13H,4,6,8H2,1-3H3. The fourth-order valence-corrected chi connectivity index (χ4v) is 2.60. The van der Waals surface area contributed by atoms with Crippen LogP contribution in [-0.2, 0) is 0 Å². The summed E-state index contributed by atoms with van der Waals surface area (Å²) in [5, 5.41) is 3.27. The van der Waals surface area contributed by atoms with Crippen LogP contribution in [0.4, 0.5) is 0 Å². The summed E-state index contributed by atoms with van der Waals surface area (Å²) < 4.78 is 5.63. The van der Waals surface area contributed by atoms with E-state index >= 15 is 0 Å². The van der Waals surface area contributed by atoms with E-state index in [1.165, 1.54) is 12.0 Å². The third-order valence-corrected chi connectivity index (χ3v) is 3.41. The molecule has 0 aliphatic carbocycles. The second-order valence-electron chi connectivity index (χ2n) is 4.50. The summed E-state index contributed by atoms with van der Waals surface area (Å²) in [6.07, 6.45) is 3.05. The molecule has 2 atom stereocenters. The zero-order valence-corrected chi connectivity index (χ0v) is 9.79. The van der Waals surface area contributed by atoms with Gasteiger partial charge in [0.05, 0.1) is 12.3 Å². The second kappa shape index (κ2) is 4.37. The largest absolute Gasteiger partial charge is 0.467 e. The molecule has 3 heteroatoms. The molecule has 0 aromatic carbocycles. The Morgan fingerprint density at radius 3 is 3.00 bits per heavy atom. The fraction of sp³-hybridized carbons (Fsp3) is 0.667. The Hall–Kier alpha value is -0.800. The molecule has 0 amide bonds. The summed E-state index contributed by atoms with van der Waals surface area (Å²) in [6.45, 7) is 4.35. The van der Waals surface area contributed by atoms with Gasteiger partial charge < -0.3 is 9.73 Å². The molecule has 0 saturated carbocycles. The van der Waals surface area contributed by atoms with Crippen molar-refractivity contribution >= 4 is 0 Å². The van der Waals surface area contributed by atoms with E-state index in [-0.39, 0.29) is 0 Å². The molecule has 1 N–H and O–H groups in total. The number of aryl methyl sites for hydroxylation is 1. The Balaban J connectivity index is 2.21. The summed E-state index contributed by atoms with van der Waals surface area (Å²) in [4.78, 5) is 2.40. The highest BCUT2D eigenvalue weighted by Gasteiger charge is 2.35. The number of furan rings is 1. The third-order valence-electron chi connectivity index (χ3n) is 3.41. The minimum absolute atomic E-state index is 0.451. The monoisotopic (exact) mass is 208 g/mol. The molecule has 1 aliphatic rings. The molecule has 1 aromatic rings. The number of nitrogens with one attached hydrogen (secondary N) is 1. The molecule has 0 radical (unpaired) electrons. The molecular weight excluding hydrogens is 188 g/mol. The maximum atomic E-state index is 5.63. The zero-order valence-electron chi connectivity index (χ0n) is 9.79. The quantitative estimate of drug-likeness (QED) is 0.821. The van der Waals surface area contributed by atoms with Crippen LogP contribution < -0.4 is 5.32 Å². The Morgan fingerprint density at radius 1 is 1.60 bits per heavy atom. The minimum Gasteiger partial charge on any atom is -0.467 e. The summed E-state index contributed by atoms with van der Waals surface area (Å²) in [7, 11) is 4.20. The van der Waals surface area contributed by atoms with E-state index in [0.29, 0.717) is 12.0 Å². The number of rotatable bonds is 3. The maximum Gasteiger partial charge on any atom is 0.124 e. The third kappa shape index (κ3) is 1.94. The van der Waals surface area contributed by atoms with E-state index in [1.54, 1.807) is 6.26 Å². The van der Waals surface area contributed by atoms with E-state index in [0.717, 1.165) is 18.8 Å². The van der Waals surface area contributed by atoms with Crippen LogP contribution in [0.25, 0.3) is 0 Å². The van der Waals surface area contributed by atoms with Gasteiger partial charge in [-0.1, -0.05) is 0 Å². The lowest BCUT2D eigenvalue weighted by molar-refractivity contribution is 0.235. The summed E-state index contributed by atoms with van der Waals surface area (Å²) in [6, 6.07) is 2.50. The number of hydrogen-bond donors (Lipinski definition) is 1. The van der Waals surface area contributed by atoms with Crippen molar-refractivity contribution < 1.29 is 4.42 Å². The van der Waals surface area contributed by atoms with Gasteiger partial charge in [0.15, 0.2) is 0 Å². The zero-order chi connectivity index (χ0) is 10.8. The van der Waals surface area contributed by atoms with E-state index < -0.39 is 0 Å². The molecule has 1 saturated heterocycles. The minimum atomic E-state index is 0.451. The van der Waals surface area contributed by atoms with Crippen LogP contribution in [0.5, 0.6) is 0 Å². The van der Waals surface area contributed by atoms with Gasteiger partial charge >= 0.3 is 0 Å². The van der Waals surface area contributed by atoms with Crippen molar-refractivity contribution in [1.82, 2.24) is 10.2 Å². The molecule has 0 bridgehead atoms. The first kappa shape index (κ1) is 10.7. The summed E-state index contributed by atoms with van der Waals surface area (Å²) >= 11 is 0. The molecule has 2 unspecified atom stereocenters. The van der Waals surface area contributed by atoms with Crippen molar-refractivity contribution in [3.8, 4) is 0 Å². The van der Waals surface area contributed by atoms with Gasteiger partial charge in [-0.3, -0.25) is 4.90 Å². The highest BCUT2D eigenvalue weighted by molar-refractivity contribution is 5.20. The molecule has 1 fully saturated rings. The van der Waals surface area contributed by atoms with Gasteiger partial charge in [-0.2, -0.15) is 0 Å². The van der Waals surface area contributed by atoms with Gasteiger partial charge in [0.25, 0.3) is 0 Å². The first-order valence-electron chi connectivity index (χ1n) is 5.63. The fourth-order valence-electron chi connectivity index (χ4n) is 2.60. The summed E-state index contributed by atoms with van der Waals surface area (Å²) in [5.41, 5.74) is 1.27. The van der Waals surface area contributed by atoms with Crippen molar-refractivity contribution in [2.24, 2.45) is 5.92 Å². The van der Waals surface area contributed by atoms with E-state index in [2.05, 4.69) is 30.3 Å². The second-order valence-corrected chi connectivity index (χ2v) is 4.50. The molecule has 2 heterocycles. The van der Waals surface area contributed by atoms with Crippen LogP contribution in [-0.4, -0.2) is 32.1 Å². The highest BCUT2D eigenvalue weighted by atomic mass is 16.3. The number of hydrogen-bond acceptors (Lipinski definition) is 3. The lowest BCUT2D eigenvalue weighted by Crippen LogP contribution is -2.26. The van der Waals surface area contributed by atoms with Crippen molar-refractivity contribution in [3.05, 3.63) is 23.7 Å². The Kier molecular flexibility index (Phi) is 3.12. The van der Waals surface area contributed by atoms with E-state index in [4.69, 9.17) is 4.42 Å². The number of nitrogens with zero attached hydrogens (tertiary/aromatic N) is 1. The van der Waals surface area contributed by atoms with Crippen LogP contribution >= 0.6 is 0 Å². The molecule has 1 aliphatic heterocycles. The summed E-state index contributed by atoms with van der Waals surface area (Å²) in [5.74, 6) is 1.82. The molecule has 3 nitrogen and oxygen atoms in total. The van der Waals surface area contributed by atoms with Crippen LogP contribution in [0.15, 0.2) is 16.7 Å². The molecular formula is C12H20N2O. The van der Waals surface area contributed by atoms with Crippen LogP contribution in [0.1, 0.15) is 23.8 Å². The maximum absolute atomic E-state index is 5.63. The van der Waals surface area contributed by atoms with Crippen LogP contribution in [0.3, 0.4) is 0 Å². The first-order chi connectivity index (χ1) is 7.24. The Morgan fingerprint density at radius 2 is 2.40 bits per heavy atom. The van der Waals surface area contributed by atoms with Crippen molar-refractivity contribution in [2.75, 3.05) is 27.2 Å². The molecule has 1 aromatic heterocycles. The lowest BCUT2D eigenvalue weighted by atomic mass is 9.96. The lowest BCUT2D eigenvalue weighted by Gasteiger charge is -2.23. The number of likely N-dealkylation sites (tertiary alicyclic amines) is 1. The van der Waals surface area contributed by atoms with Crippen LogP contribution in [0.2, 0.25) is 0 Å². The van der Waals surface area contributed by atoms with Crippen molar-refractivity contribution in [2.45, 2.75) is 19.4 Å². The molecule has 0 spiro atoms. The van der Waals surface area contributed by atoms with Gasteiger partial charge in [0, 0.05) is 0 Å². The van der Waals surface area contributed by atoms with Gasteiger partial charge in [0.1, 0.15) is 5.76 Å². The predicted octanol–water partition coefficient (Wildman–Crippen LogP) is 1.80. The average molecular weight is 208 g/mol. The first-order valence-corrected chi connectivity index (χ1v) is 5.63. The van der Waals surface area contributed by atoms with E-state index in [1.807, 2.05) is 7.05 Å². The van der Waals surface area contributed by atoms with E-state index in [9.17, 15) is 0 Å². The van der Waals surface area contributed by atoms with Gasteiger partial charge in [-0.15, -0.1) is 0 Å². The Bertz CT molecular complexity index is 319. The molecule has 84 valence electrons.